The van der Waals surface area contributed by atoms with Crippen molar-refractivity contribution in [3.8, 4) is 5.69 Å². The van der Waals surface area contributed by atoms with Crippen molar-refractivity contribution in [1.82, 2.24) is 15.0 Å². The molecule has 0 aliphatic heterocycles. The number of hydrogen-bond acceptors (Lipinski definition) is 2. The van der Waals surface area contributed by atoms with Crippen molar-refractivity contribution in [2.45, 2.75) is 25.6 Å². The molecule has 0 fully saturated rings. The highest BCUT2D eigenvalue weighted by atomic mass is 35.5. The van der Waals surface area contributed by atoms with E-state index in [1.54, 1.807) is 22.9 Å². The molecule has 0 bridgehead atoms. The fourth-order valence-corrected chi connectivity index (χ4v) is 2.57. The molecule has 6 heteroatoms. The monoisotopic (exact) mass is 303 g/mol. The molecule has 0 aliphatic carbocycles. The third-order valence-corrected chi connectivity index (χ3v) is 3.48. The molecule has 0 atom stereocenters. The van der Waals surface area contributed by atoms with Gasteiger partial charge in [-0.25, -0.2) is 4.68 Å². The van der Waals surface area contributed by atoms with Crippen molar-refractivity contribution in [2.24, 2.45) is 0 Å². The summed E-state index contributed by atoms with van der Waals surface area (Å²) in [5.41, 5.74) is 2.30. The summed E-state index contributed by atoms with van der Waals surface area (Å²) >= 11 is 18.3. The second-order valence-electron chi connectivity index (χ2n) is 4.19. The molecule has 1 aromatic carbocycles. The first-order valence-corrected chi connectivity index (χ1v) is 6.80. The molecule has 0 N–H and O–H groups in total. The lowest BCUT2D eigenvalue weighted by molar-refractivity contribution is 0.772. The minimum atomic E-state index is 0.244. The zero-order valence-corrected chi connectivity index (χ0v) is 12.3. The van der Waals surface area contributed by atoms with Gasteiger partial charge in [-0.1, -0.05) is 48.3 Å². The molecule has 0 saturated heterocycles. The Balaban J connectivity index is 2.65. The molecule has 18 heavy (non-hydrogen) atoms. The summed E-state index contributed by atoms with van der Waals surface area (Å²) < 4.78 is 1.62. The van der Waals surface area contributed by atoms with Crippen LogP contribution in [0.4, 0.5) is 0 Å². The van der Waals surface area contributed by atoms with Crippen molar-refractivity contribution in [3.63, 3.8) is 0 Å². The molecule has 2 rings (SSSR count). The van der Waals surface area contributed by atoms with Gasteiger partial charge >= 0.3 is 0 Å². The number of aromatic nitrogens is 3. The molecule has 1 aromatic heterocycles. The Bertz CT molecular complexity index is 543. The van der Waals surface area contributed by atoms with E-state index >= 15 is 0 Å². The second kappa shape index (κ2) is 5.47. The van der Waals surface area contributed by atoms with Crippen LogP contribution in [0.5, 0.6) is 0 Å². The number of halogens is 3. The summed E-state index contributed by atoms with van der Waals surface area (Å²) in [7, 11) is 0. The molecular formula is C12H12Cl3N3. The van der Waals surface area contributed by atoms with Crippen LogP contribution in [0.2, 0.25) is 10.0 Å². The zero-order chi connectivity index (χ0) is 13.3. The van der Waals surface area contributed by atoms with Gasteiger partial charge in [0.2, 0.25) is 0 Å². The standard InChI is InChI=1S/C12H12Cl3N3/c1-7(2)11-10(6-13)18(17-16-11)12-8(14)4-3-5-9(12)15/h3-5,7H,6H2,1-2H3. The number of benzene rings is 1. The van der Waals surface area contributed by atoms with Gasteiger partial charge in [0, 0.05) is 0 Å². The first-order valence-electron chi connectivity index (χ1n) is 5.51. The second-order valence-corrected chi connectivity index (χ2v) is 5.27. The smallest absolute Gasteiger partial charge is 0.104 e. The topological polar surface area (TPSA) is 30.7 Å². The van der Waals surface area contributed by atoms with Crippen LogP contribution in [0.1, 0.15) is 31.2 Å². The normalized spacial score (nSPS) is 11.2. The predicted octanol–water partition coefficient (Wildman–Crippen LogP) is 4.44. The Morgan fingerprint density at radius 3 is 2.33 bits per heavy atom. The lowest BCUT2D eigenvalue weighted by Gasteiger charge is -2.10. The van der Waals surface area contributed by atoms with Crippen LogP contribution in [0.15, 0.2) is 18.2 Å². The van der Waals surface area contributed by atoms with Crippen molar-refractivity contribution in [3.05, 3.63) is 39.6 Å². The van der Waals surface area contributed by atoms with E-state index in [2.05, 4.69) is 10.3 Å². The van der Waals surface area contributed by atoms with Crippen LogP contribution in [-0.4, -0.2) is 15.0 Å². The Hall–Kier alpha value is -0.770. The van der Waals surface area contributed by atoms with Gasteiger partial charge in [0.05, 0.1) is 27.3 Å². The van der Waals surface area contributed by atoms with E-state index in [0.717, 1.165) is 11.4 Å². The molecule has 1 heterocycles. The van der Waals surface area contributed by atoms with Crippen molar-refractivity contribution < 1.29 is 0 Å². The molecule has 0 saturated carbocycles. The molecular weight excluding hydrogens is 293 g/mol. The van der Waals surface area contributed by atoms with E-state index < -0.39 is 0 Å². The molecule has 2 aromatic rings. The summed E-state index contributed by atoms with van der Waals surface area (Å²) in [6.45, 7) is 4.08. The number of hydrogen-bond donors (Lipinski definition) is 0. The van der Waals surface area contributed by atoms with Gasteiger partial charge in [0.1, 0.15) is 5.69 Å². The number of rotatable bonds is 3. The molecule has 0 spiro atoms. The predicted molar refractivity (Wildman–Crippen MR) is 75.0 cm³/mol. The largest absolute Gasteiger partial charge is 0.213 e. The highest BCUT2D eigenvalue weighted by Gasteiger charge is 2.19. The van der Waals surface area contributed by atoms with Crippen molar-refractivity contribution in [2.75, 3.05) is 0 Å². The average molecular weight is 305 g/mol. The van der Waals surface area contributed by atoms with Crippen LogP contribution < -0.4 is 0 Å². The molecule has 0 radical (unpaired) electrons. The summed E-state index contributed by atoms with van der Waals surface area (Å²) in [4.78, 5) is 0. The van der Waals surface area contributed by atoms with Crippen molar-refractivity contribution >= 4 is 34.8 Å². The summed E-state index contributed by atoms with van der Waals surface area (Å²) in [6, 6.07) is 5.31. The molecule has 0 amide bonds. The van der Waals surface area contributed by atoms with Gasteiger partial charge in [0.25, 0.3) is 0 Å². The Morgan fingerprint density at radius 2 is 1.83 bits per heavy atom. The lowest BCUT2D eigenvalue weighted by atomic mass is 10.1. The maximum Gasteiger partial charge on any atom is 0.104 e. The summed E-state index contributed by atoms with van der Waals surface area (Å²) in [6.07, 6.45) is 0. The molecule has 3 nitrogen and oxygen atoms in total. The minimum absolute atomic E-state index is 0.244. The summed E-state index contributed by atoms with van der Waals surface area (Å²) in [5, 5.41) is 9.31. The summed E-state index contributed by atoms with van der Waals surface area (Å²) in [5.74, 6) is 0.552. The fourth-order valence-electron chi connectivity index (χ4n) is 1.76. The maximum absolute atomic E-state index is 6.17. The van der Waals surface area contributed by atoms with Crippen LogP contribution >= 0.6 is 34.8 Å². The Kier molecular flexibility index (Phi) is 4.15. The highest BCUT2D eigenvalue weighted by Crippen LogP contribution is 2.30. The molecule has 0 unspecified atom stereocenters. The third-order valence-electron chi connectivity index (χ3n) is 2.62. The minimum Gasteiger partial charge on any atom is -0.213 e. The van der Waals surface area contributed by atoms with Gasteiger partial charge in [-0.3, -0.25) is 0 Å². The maximum atomic E-state index is 6.17. The third kappa shape index (κ3) is 2.35. The Morgan fingerprint density at radius 1 is 1.22 bits per heavy atom. The van der Waals surface area contributed by atoms with Gasteiger partial charge in [-0.05, 0) is 18.1 Å². The highest BCUT2D eigenvalue weighted by molar-refractivity contribution is 6.37. The van der Waals surface area contributed by atoms with Crippen LogP contribution in [0.25, 0.3) is 5.69 Å². The van der Waals surface area contributed by atoms with E-state index in [1.807, 2.05) is 13.8 Å². The number of para-hydroxylation sites is 1. The van der Waals surface area contributed by atoms with Crippen LogP contribution in [0.3, 0.4) is 0 Å². The SMILES string of the molecule is CC(C)c1nnn(-c2c(Cl)cccc2Cl)c1CCl. The Labute approximate surface area is 121 Å². The van der Waals surface area contributed by atoms with E-state index in [0.29, 0.717) is 21.6 Å². The molecule has 0 aliphatic rings. The van der Waals surface area contributed by atoms with E-state index in [4.69, 9.17) is 34.8 Å². The van der Waals surface area contributed by atoms with E-state index in [1.165, 1.54) is 0 Å². The van der Waals surface area contributed by atoms with Crippen LogP contribution in [0, 0.1) is 0 Å². The van der Waals surface area contributed by atoms with Gasteiger partial charge in [-0.15, -0.1) is 16.7 Å². The lowest BCUT2D eigenvalue weighted by Crippen LogP contribution is -2.04. The van der Waals surface area contributed by atoms with Gasteiger partial charge < -0.3 is 0 Å². The average Bonchev–Trinajstić information content (AvgIpc) is 2.72. The molecule has 96 valence electrons. The van der Waals surface area contributed by atoms with Gasteiger partial charge in [-0.2, -0.15) is 0 Å². The van der Waals surface area contributed by atoms with Crippen molar-refractivity contribution in [1.29, 1.82) is 0 Å². The van der Waals surface area contributed by atoms with Gasteiger partial charge in [0.15, 0.2) is 0 Å². The quantitative estimate of drug-likeness (QED) is 0.785. The first kappa shape index (κ1) is 13.7. The number of alkyl halides is 1. The van der Waals surface area contributed by atoms with Crippen LogP contribution in [-0.2, 0) is 5.88 Å². The number of nitrogens with zero attached hydrogens (tertiary/aromatic N) is 3. The fraction of sp³-hybridized carbons (Fsp3) is 0.333. The first-order chi connectivity index (χ1) is 8.56. The van der Waals surface area contributed by atoms with E-state index in [-0.39, 0.29) is 5.92 Å². The zero-order valence-electron chi connectivity index (χ0n) is 9.99. The van der Waals surface area contributed by atoms with E-state index in [9.17, 15) is 0 Å².